The van der Waals surface area contributed by atoms with Crippen LogP contribution in [-0.2, 0) is 6.54 Å². The molecule has 2 aromatic carbocycles. The molecule has 5 nitrogen and oxygen atoms in total. The van der Waals surface area contributed by atoms with Crippen molar-refractivity contribution in [3.05, 3.63) is 84.4 Å². The van der Waals surface area contributed by atoms with Crippen LogP contribution in [0.4, 0.5) is 0 Å². The number of rotatable bonds is 6. The first kappa shape index (κ1) is 19.3. The van der Waals surface area contributed by atoms with E-state index in [4.69, 9.17) is 0 Å². The topological polar surface area (TPSA) is 58.1 Å². The van der Waals surface area contributed by atoms with Crippen LogP contribution in [0.15, 0.2) is 73.1 Å². The third kappa shape index (κ3) is 5.27. The van der Waals surface area contributed by atoms with Gasteiger partial charge in [-0.3, -0.25) is 9.69 Å². The Morgan fingerprint density at radius 3 is 2.45 bits per heavy atom. The van der Waals surface area contributed by atoms with Crippen LogP contribution in [0.5, 0.6) is 0 Å². The van der Waals surface area contributed by atoms with Crippen molar-refractivity contribution >= 4 is 5.91 Å². The zero-order valence-corrected chi connectivity index (χ0v) is 16.5. The van der Waals surface area contributed by atoms with Gasteiger partial charge in [-0.05, 0) is 54.6 Å². The van der Waals surface area contributed by atoms with Gasteiger partial charge in [0, 0.05) is 31.0 Å². The van der Waals surface area contributed by atoms with Crippen molar-refractivity contribution in [2.45, 2.75) is 19.4 Å². The molecule has 3 aromatic rings. The van der Waals surface area contributed by atoms with E-state index in [0.717, 1.165) is 49.4 Å². The molecule has 1 fully saturated rings. The Morgan fingerprint density at radius 1 is 0.966 bits per heavy atom. The van der Waals surface area contributed by atoms with Gasteiger partial charge in [-0.15, -0.1) is 0 Å². The highest BCUT2D eigenvalue weighted by atomic mass is 16.1. The Bertz CT molecular complexity index is 913. The number of hydrogen-bond donors (Lipinski definition) is 1. The second kappa shape index (κ2) is 9.43. The van der Waals surface area contributed by atoms with Crippen molar-refractivity contribution in [3.63, 3.8) is 0 Å². The predicted octanol–water partition coefficient (Wildman–Crippen LogP) is 3.79. The maximum absolute atomic E-state index is 12.6. The van der Waals surface area contributed by atoms with Crippen molar-refractivity contribution in [1.82, 2.24) is 20.2 Å². The number of carbonyl (C=O) groups is 1. The summed E-state index contributed by atoms with van der Waals surface area (Å²) in [6.45, 7) is 3.49. The molecule has 1 aromatic heterocycles. The molecule has 5 heteroatoms. The van der Waals surface area contributed by atoms with Gasteiger partial charge in [-0.25, -0.2) is 9.97 Å². The Kier molecular flexibility index (Phi) is 6.27. The molecule has 0 radical (unpaired) electrons. The minimum atomic E-state index is -0.00636. The maximum Gasteiger partial charge on any atom is 0.251 e. The number of likely N-dealkylation sites (tertiary alicyclic amines) is 1. The lowest BCUT2D eigenvalue weighted by atomic mass is 9.97. The third-order valence-electron chi connectivity index (χ3n) is 5.39. The lowest BCUT2D eigenvalue weighted by molar-refractivity contribution is 0.0930. The molecule has 1 amide bonds. The van der Waals surface area contributed by atoms with Crippen molar-refractivity contribution in [2.75, 3.05) is 19.6 Å². The normalized spacial score (nSPS) is 17.0. The minimum Gasteiger partial charge on any atom is -0.352 e. The number of piperidine rings is 1. The zero-order valence-electron chi connectivity index (χ0n) is 16.5. The van der Waals surface area contributed by atoms with Gasteiger partial charge in [-0.2, -0.15) is 0 Å². The molecule has 2 heterocycles. The molecule has 148 valence electrons. The Labute approximate surface area is 171 Å². The van der Waals surface area contributed by atoms with E-state index in [2.05, 4.69) is 32.3 Å². The molecular weight excluding hydrogens is 360 g/mol. The lowest BCUT2D eigenvalue weighted by Gasteiger charge is -2.32. The van der Waals surface area contributed by atoms with E-state index in [1.54, 1.807) is 12.4 Å². The van der Waals surface area contributed by atoms with Gasteiger partial charge < -0.3 is 5.32 Å². The number of hydrogen-bond acceptors (Lipinski definition) is 4. The van der Waals surface area contributed by atoms with E-state index in [9.17, 15) is 4.79 Å². The van der Waals surface area contributed by atoms with E-state index in [-0.39, 0.29) is 5.91 Å². The van der Waals surface area contributed by atoms with Crippen molar-refractivity contribution in [1.29, 1.82) is 0 Å². The molecule has 1 unspecified atom stereocenters. The van der Waals surface area contributed by atoms with Gasteiger partial charge in [0.05, 0.1) is 6.54 Å². The predicted molar refractivity (Wildman–Crippen MR) is 114 cm³/mol. The van der Waals surface area contributed by atoms with Gasteiger partial charge in [0.1, 0.15) is 5.82 Å². The molecule has 0 spiro atoms. The molecule has 1 aliphatic rings. The number of nitrogens with zero attached hydrogens (tertiary/aromatic N) is 3. The first-order chi connectivity index (χ1) is 14.3. The molecule has 1 saturated heterocycles. The number of aromatic nitrogens is 2. The minimum absolute atomic E-state index is 0.00636. The van der Waals surface area contributed by atoms with E-state index in [1.165, 1.54) is 0 Å². The molecule has 4 rings (SSSR count). The fourth-order valence-corrected chi connectivity index (χ4v) is 3.86. The summed E-state index contributed by atoms with van der Waals surface area (Å²) in [6.07, 6.45) is 5.85. The van der Waals surface area contributed by atoms with Gasteiger partial charge in [-0.1, -0.05) is 42.5 Å². The summed E-state index contributed by atoms with van der Waals surface area (Å²) in [5, 5.41) is 3.12. The van der Waals surface area contributed by atoms with E-state index >= 15 is 0 Å². The summed E-state index contributed by atoms with van der Waals surface area (Å²) in [7, 11) is 0. The van der Waals surface area contributed by atoms with Crippen LogP contribution in [0, 0.1) is 5.92 Å². The molecule has 29 heavy (non-hydrogen) atoms. The van der Waals surface area contributed by atoms with Gasteiger partial charge in [0.2, 0.25) is 0 Å². The van der Waals surface area contributed by atoms with Crippen LogP contribution >= 0.6 is 0 Å². The maximum atomic E-state index is 12.6. The van der Waals surface area contributed by atoms with E-state index in [1.807, 2.05) is 48.5 Å². The van der Waals surface area contributed by atoms with Gasteiger partial charge in [0.25, 0.3) is 5.91 Å². The van der Waals surface area contributed by atoms with Crippen molar-refractivity contribution in [2.24, 2.45) is 5.92 Å². The summed E-state index contributed by atoms with van der Waals surface area (Å²) in [4.78, 5) is 23.6. The first-order valence-corrected chi connectivity index (χ1v) is 10.2. The fraction of sp³-hybridized carbons (Fsp3) is 0.292. The van der Waals surface area contributed by atoms with Crippen LogP contribution in [0.25, 0.3) is 11.1 Å². The second-order valence-electron chi connectivity index (χ2n) is 7.56. The Hall–Kier alpha value is -3.05. The highest BCUT2D eigenvalue weighted by Gasteiger charge is 2.21. The summed E-state index contributed by atoms with van der Waals surface area (Å²) in [6, 6.07) is 19.8. The monoisotopic (exact) mass is 386 g/mol. The van der Waals surface area contributed by atoms with E-state index < -0.39 is 0 Å². The Morgan fingerprint density at radius 2 is 1.69 bits per heavy atom. The largest absolute Gasteiger partial charge is 0.352 e. The highest BCUT2D eigenvalue weighted by molar-refractivity contribution is 5.94. The summed E-state index contributed by atoms with van der Waals surface area (Å²) < 4.78 is 0. The van der Waals surface area contributed by atoms with Crippen molar-refractivity contribution in [3.8, 4) is 11.1 Å². The van der Waals surface area contributed by atoms with E-state index in [0.29, 0.717) is 18.0 Å². The number of benzene rings is 2. The number of carbonyl (C=O) groups excluding carboxylic acids is 1. The summed E-state index contributed by atoms with van der Waals surface area (Å²) in [5.74, 6) is 1.31. The average Bonchev–Trinajstić information content (AvgIpc) is 2.79. The molecule has 1 N–H and O–H groups in total. The molecule has 1 aliphatic heterocycles. The number of nitrogens with one attached hydrogen (secondary N) is 1. The molecule has 0 bridgehead atoms. The fourth-order valence-electron chi connectivity index (χ4n) is 3.86. The first-order valence-electron chi connectivity index (χ1n) is 10.2. The summed E-state index contributed by atoms with van der Waals surface area (Å²) >= 11 is 0. The summed E-state index contributed by atoms with van der Waals surface area (Å²) in [5.41, 5.74) is 2.98. The standard InChI is InChI=1S/C24H26N4O/c29-24(22-11-9-21(10-12-22)20-7-2-1-3-8-20)27-16-19-6-4-15-28(17-19)18-23-25-13-5-14-26-23/h1-3,5,7-14,19H,4,6,15-18H2,(H,27,29). The van der Waals surface area contributed by atoms with Crippen molar-refractivity contribution < 1.29 is 4.79 Å². The average molecular weight is 386 g/mol. The van der Waals surface area contributed by atoms with Crippen LogP contribution in [0.3, 0.4) is 0 Å². The molecule has 0 saturated carbocycles. The smallest absolute Gasteiger partial charge is 0.251 e. The van der Waals surface area contributed by atoms with Crippen LogP contribution in [0.2, 0.25) is 0 Å². The third-order valence-corrected chi connectivity index (χ3v) is 5.39. The Balaban J connectivity index is 1.29. The van der Waals surface area contributed by atoms with Crippen LogP contribution < -0.4 is 5.32 Å². The SMILES string of the molecule is O=C(NCC1CCCN(Cc2ncccn2)C1)c1ccc(-c2ccccc2)cc1. The molecule has 1 atom stereocenters. The molecular formula is C24H26N4O. The van der Waals surface area contributed by atoms with Crippen LogP contribution in [-0.4, -0.2) is 40.4 Å². The van der Waals surface area contributed by atoms with Crippen LogP contribution in [0.1, 0.15) is 29.0 Å². The zero-order chi connectivity index (χ0) is 19.9. The number of amides is 1. The van der Waals surface area contributed by atoms with Gasteiger partial charge in [0.15, 0.2) is 0 Å². The highest BCUT2D eigenvalue weighted by Crippen LogP contribution is 2.20. The van der Waals surface area contributed by atoms with Gasteiger partial charge >= 0.3 is 0 Å². The second-order valence-corrected chi connectivity index (χ2v) is 7.56. The lowest BCUT2D eigenvalue weighted by Crippen LogP contribution is -2.40. The quantitative estimate of drug-likeness (QED) is 0.700. The molecule has 0 aliphatic carbocycles.